The molecule has 0 bridgehead atoms. The lowest BCUT2D eigenvalue weighted by Crippen LogP contribution is -2.39. The summed E-state index contributed by atoms with van der Waals surface area (Å²) in [5.41, 5.74) is 1.34. The molecule has 0 aliphatic rings. The Hall–Kier alpha value is -3.24. The van der Waals surface area contributed by atoms with Crippen LogP contribution in [0.2, 0.25) is 0 Å². The van der Waals surface area contributed by atoms with Crippen LogP contribution in [0.3, 0.4) is 0 Å². The first-order chi connectivity index (χ1) is 14.7. The monoisotopic (exact) mass is 447 g/mol. The van der Waals surface area contributed by atoms with Gasteiger partial charge in [-0.05, 0) is 36.2 Å². The molecule has 2 rings (SSSR count). The molecule has 0 saturated heterocycles. The molecule has 0 aromatic heterocycles. The van der Waals surface area contributed by atoms with Crippen LogP contribution in [0.5, 0.6) is 0 Å². The van der Waals surface area contributed by atoms with Crippen LogP contribution in [0.25, 0.3) is 0 Å². The third kappa shape index (κ3) is 7.83. The van der Waals surface area contributed by atoms with Crippen LogP contribution in [0, 0.1) is 0 Å². The van der Waals surface area contributed by atoms with Gasteiger partial charge in [-0.15, -0.1) is 0 Å². The number of benzene rings is 2. The van der Waals surface area contributed by atoms with Crippen molar-refractivity contribution in [3.63, 3.8) is 0 Å². The third-order valence-electron chi connectivity index (χ3n) is 4.14. The van der Waals surface area contributed by atoms with Crippen molar-refractivity contribution in [2.75, 3.05) is 11.9 Å². The summed E-state index contributed by atoms with van der Waals surface area (Å²) in [6.45, 7) is 2.68. The van der Waals surface area contributed by atoms with E-state index in [2.05, 4.69) is 15.4 Å². The average Bonchev–Trinajstić information content (AvgIpc) is 2.75. The molecule has 2 aromatic carbocycles. The maximum Gasteiger partial charge on any atom is 0.321 e. The molecule has 10 heteroatoms. The van der Waals surface area contributed by atoms with Crippen LogP contribution in [0.1, 0.15) is 25.8 Å². The van der Waals surface area contributed by atoms with Crippen LogP contribution in [0.4, 0.5) is 5.69 Å². The molecular formula is C21H25N3O6S. The fourth-order valence-electron chi connectivity index (χ4n) is 2.58. The number of ether oxygens (including phenoxy) is 1. The normalized spacial score (nSPS) is 11.9. The number of anilines is 1. The highest BCUT2D eigenvalue weighted by atomic mass is 32.2. The lowest BCUT2D eigenvalue weighted by Gasteiger charge is -2.16. The van der Waals surface area contributed by atoms with E-state index in [9.17, 15) is 22.8 Å². The summed E-state index contributed by atoms with van der Waals surface area (Å²) in [6, 6.07) is 14.7. The van der Waals surface area contributed by atoms with Gasteiger partial charge in [-0.1, -0.05) is 37.3 Å². The van der Waals surface area contributed by atoms with Gasteiger partial charge in [0.2, 0.25) is 15.9 Å². The highest BCUT2D eigenvalue weighted by molar-refractivity contribution is 7.89. The number of rotatable bonds is 10. The number of hydrogen-bond acceptors (Lipinski definition) is 6. The van der Waals surface area contributed by atoms with Gasteiger partial charge in [-0.25, -0.2) is 8.42 Å². The van der Waals surface area contributed by atoms with E-state index in [0.717, 1.165) is 5.56 Å². The Kier molecular flexibility index (Phi) is 8.71. The summed E-state index contributed by atoms with van der Waals surface area (Å²) in [5, 5.41) is 5.21. The molecule has 1 atom stereocenters. The molecule has 2 amide bonds. The second-order valence-corrected chi connectivity index (χ2v) is 8.39. The lowest BCUT2D eigenvalue weighted by molar-refractivity contribution is -0.155. The number of carbonyl (C=O) groups is 3. The number of nitrogens with one attached hydrogen (secondary N) is 3. The number of carbonyl (C=O) groups excluding carboxylic acids is 3. The predicted octanol–water partition coefficient (Wildman–Crippen LogP) is 1.56. The first-order valence-electron chi connectivity index (χ1n) is 9.59. The smallest absolute Gasteiger partial charge is 0.321 e. The minimum atomic E-state index is -3.97. The second kappa shape index (κ2) is 11.2. The van der Waals surface area contributed by atoms with E-state index in [-0.39, 0.29) is 23.8 Å². The van der Waals surface area contributed by atoms with Crippen molar-refractivity contribution in [3.05, 3.63) is 60.2 Å². The molecule has 9 nitrogen and oxygen atoms in total. The van der Waals surface area contributed by atoms with Crippen molar-refractivity contribution in [3.8, 4) is 0 Å². The molecule has 31 heavy (non-hydrogen) atoms. The summed E-state index contributed by atoms with van der Waals surface area (Å²) < 4.78 is 31.9. The van der Waals surface area contributed by atoms with Crippen LogP contribution in [-0.4, -0.2) is 38.9 Å². The molecule has 0 aliphatic heterocycles. The lowest BCUT2D eigenvalue weighted by atomic mass is 10.2. The molecule has 0 radical (unpaired) electrons. The Balaban J connectivity index is 1.86. The van der Waals surface area contributed by atoms with E-state index in [1.54, 1.807) is 6.92 Å². The van der Waals surface area contributed by atoms with Crippen molar-refractivity contribution in [2.45, 2.75) is 37.8 Å². The van der Waals surface area contributed by atoms with Gasteiger partial charge in [0.15, 0.2) is 6.10 Å². The van der Waals surface area contributed by atoms with Crippen molar-refractivity contribution in [1.82, 2.24) is 10.0 Å². The summed E-state index contributed by atoms with van der Waals surface area (Å²) in [6.07, 6.45) is -0.790. The highest BCUT2D eigenvalue weighted by Crippen LogP contribution is 2.14. The molecule has 0 aliphatic carbocycles. The summed E-state index contributed by atoms with van der Waals surface area (Å²) in [5.74, 6) is -1.62. The van der Waals surface area contributed by atoms with Gasteiger partial charge >= 0.3 is 5.97 Å². The first-order valence-corrected chi connectivity index (χ1v) is 11.1. The predicted molar refractivity (Wildman–Crippen MR) is 114 cm³/mol. The van der Waals surface area contributed by atoms with Crippen LogP contribution in [-0.2, 0) is 35.7 Å². The van der Waals surface area contributed by atoms with Crippen LogP contribution < -0.4 is 15.4 Å². The summed E-state index contributed by atoms with van der Waals surface area (Å²) >= 11 is 0. The fraction of sp³-hybridized carbons (Fsp3) is 0.286. The average molecular weight is 448 g/mol. The summed E-state index contributed by atoms with van der Waals surface area (Å²) in [4.78, 5) is 35.3. The zero-order valence-electron chi connectivity index (χ0n) is 17.3. The molecule has 0 spiro atoms. The van der Waals surface area contributed by atoms with E-state index < -0.39 is 34.5 Å². The molecule has 0 saturated carbocycles. The minimum absolute atomic E-state index is 0.0814. The number of esters is 1. The Labute approximate surface area is 181 Å². The molecule has 3 N–H and O–H groups in total. The number of hydrogen-bond donors (Lipinski definition) is 3. The Bertz CT molecular complexity index is 1010. The maximum absolute atomic E-state index is 12.3. The van der Waals surface area contributed by atoms with E-state index in [0.29, 0.717) is 5.69 Å². The maximum atomic E-state index is 12.3. The zero-order chi connectivity index (χ0) is 22.9. The van der Waals surface area contributed by atoms with Gasteiger partial charge in [0, 0.05) is 19.2 Å². The number of amides is 2. The number of sulfonamides is 1. The van der Waals surface area contributed by atoms with Crippen molar-refractivity contribution < 1.29 is 27.5 Å². The van der Waals surface area contributed by atoms with Crippen molar-refractivity contribution in [1.29, 1.82) is 0 Å². The van der Waals surface area contributed by atoms with Crippen molar-refractivity contribution in [2.24, 2.45) is 0 Å². The molecule has 0 fully saturated rings. The molecule has 2 aromatic rings. The van der Waals surface area contributed by atoms with E-state index in [4.69, 9.17) is 4.74 Å². The van der Waals surface area contributed by atoms with E-state index >= 15 is 0 Å². The minimum Gasteiger partial charge on any atom is -0.451 e. The SMILES string of the molecule is CCC(OC(=O)CNS(=O)(=O)c1ccc(NC(C)=O)cc1)C(=O)NCc1ccccc1. The third-order valence-corrected chi connectivity index (χ3v) is 5.56. The topological polar surface area (TPSA) is 131 Å². The molecule has 166 valence electrons. The first kappa shape index (κ1) is 24.0. The largest absolute Gasteiger partial charge is 0.451 e. The Morgan fingerprint density at radius 2 is 1.65 bits per heavy atom. The molecule has 1 unspecified atom stereocenters. The molecular weight excluding hydrogens is 422 g/mol. The van der Waals surface area contributed by atoms with Gasteiger partial charge in [-0.3, -0.25) is 14.4 Å². The zero-order valence-corrected chi connectivity index (χ0v) is 18.1. The van der Waals surface area contributed by atoms with Gasteiger partial charge in [0.25, 0.3) is 5.91 Å². The fourth-order valence-corrected chi connectivity index (χ4v) is 3.55. The van der Waals surface area contributed by atoms with Crippen LogP contribution in [0.15, 0.2) is 59.5 Å². The Morgan fingerprint density at radius 3 is 2.23 bits per heavy atom. The van der Waals surface area contributed by atoms with Gasteiger partial charge < -0.3 is 15.4 Å². The standard InChI is InChI=1S/C21H25N3O6S/c1-3-19(21(27)22-13-16-7-5-4-6-8-16)30-20(26)14-23-31(28,29)18-11-9-17(10-12-18)24-15(2)25/h4-12,19,23H,3,13-14H2,1-2H3,(H,22,27)(H,24,25). The second-order valence-electron chi connectivity index (χ2n) is 6.62. The molecule has 0 heterocycles. The van der Waals surface area contributed by atoms with Gasteiger partial charge in [-0.2, -0.15) is 4.72 Å². The van der Waals surface area contributed by atoms with Gasteiger partial charge in [0.05, 0.1) is 4.90 Å². The van der Waals surface area contributed by atoms with E-state index in [1.165, 1.54) is 31.2 Å². The van der Waals surface area contributed by atoms with Crippen LogP contribution >= 0.6 is 0 Å². The summed E-state index contributed by atoms with van der Waals surface area (Å²) in [7, 11) is -3.97. The van der Waals surface area contributed by atoms with E-state index in [1.807, 2.05) is 30.3 Å². The highest BCUT2D eigenvalue weighted by Gasteiger charge is 2.22. The van der Waals surface area contributed by atoms with Gasteiger partial charge in [0.1, 0.15) is 6.54 Å². The van der Waals surface area contributed by atoms with Crippen molar-refractivity contribution >= 4 is 33.5 Å². The Morgan fingerprint density at radius 1 is 1.00 bits per heavy atom. The quantitative estimate of drug-likeness (QED) is 0.474.